The summed E-state index contributed by atoms with van der Waals surface area (Å²) < 4.78 is 0. The lowest BCUT2D eigenvalue weighted by Gasteiger charge is -2.34. The summed E-state index contributed by atoms with van der Waals surface area (Å²) >= 11 is 0. The summed E-state index contributed by atoms with van der Waals surface area (Å²) in [6.45, 7) is 9.30. The van der Waals surface area contributed by atoms with Gasteiger partial charge in [0.1, 0.15) is 5.82 Å². The lowest BCUT2D eigenvalue weighted by atomic mass is 9.95. The van der Waals surface area contributed by atoms with Crippen LogP contribution in [0.4, 0.5) is 5.95 Å². The molecule has 186 valence electrons. The Bertz CT molecular complexity index is 1360. The van der Waals surface area contributed by atoms with Crippen LogP contribution in [0.1, 0.15) is 44.9 Å². The average molecular weight is 489 g/mol. The Hall–Kier alpha value is -4.08. The predicted molar refractivity (Wildman–Crippen MR) is 147 cm³/mol. The fourth-order valence-corrected chi connectivity index (χ4v) is 4.98. The maximum Gasteiger partial charge on any atom is 0.225 e. The molecule has 0 N–H and O–H groups in total. The number of nitrogens with zero attached hydrogens (tertiary/aromatic N) is 6. The van der Waals surface area contributed by atoms with Gasteiger partial charge in [-0.1, -0.05) is 30.2 Å². The van der Waals surface area contributed by atoms with Gasteiger partial charge in [-0.05, 0) is 65.9 Å². The molecule has 1 fully saturated rings. The zero-order valence-electron chi connectivity index (χ0n) is 21.6. The van der Waals surface area contributed by atoms with Crippen LogP contribution in [-0.4, -0.2) is 51.0 Å². The molecule has 2 aromatic heterocycles. The standard InChI is InChI=1S/C31H32N6/c1-4-25-6-8-26(9-7-25)20-30-32-13-10-28(35-30)21-29-23(2)18-27(19-24(29)3)22-36-14-16-37(17-15-36)31-33-11-5-12-34-31/h1,5-13,18-19H,14-17,20-22H2,2-3H3. The van der Waals surface area contributed by atoms with Gasteiger partial charge in [-0.25, -0.2) is 19.9 Å². The largest absolute Gasteiger partial charge is 0.338 e. The number of rotatable bonds is 7. The van der Waals surface area contributed by atoms with Crippen molar-refractivity contribution in [2.45, 2.75) is 33.2 Å². The molecule has 5 rings (SSSR count). The van der Waals surface area contributed by atoms with Gasteiger partial charge in [0.05, 0.1) is 0 Å². The van der Waals surface area contributed by atoms with E-state index in [1.165, 1.54) is 22.3 Å². The molecule has 2 aromatic carbocycles. The van der Waals surface area contributed by atoms with Crippen molar-refractivity contribution in [3.8, 4) is 12.3 Å². The van der Waals surface area contributed by atoms with E-state index in [4.69, 9.17) is 11.4 Å². The summed E-state index contributed by atoms with van der Waals surface area (Å²) in [6, 6.07) is 16.6. The number of terminal acetylenes is 1. The molecule has 3 heterocycles. The van der Waals surface area contributed by atoms with E-state index in [0.29, 0.717) is 6.42 Å². The van der Waals surface area contributed by atoms with Gasteiger partial charge >= 0.3 is 0 Å². The first-order valence-electron chi connectivity index (χ1n) is 12.8. The van der Waals surface area contributed by atoms with Gasteiger partial charge < -0.3 is 4.90 Å². The topological polar surface area (TPSA) is 58.0 Å². The van der Waals surface area contributed by atoms with Gasteiger partial charge in [-0.15, -0.1) is 6.42 Å². The monoisotopic (exact) mass is 488 g/mol. The third-order valence-electron chi connectivity index (χ3n) is 6.97. The van der Waals surface area contributed by atoms with Crippen LogP contribution in [0.25, 0.3) is 0 Å². The van der Waals surface area contributed by atoms with Crippen LogP contribution in [0.5, 0.6) is 0 Å². The Morgan fingerprint density at radius 2 is 1.51 bits per heavy atom. The van der Waals surface area contributed by atoms with Crippen LogP contribution in [0.15, 0.2) is 67.1 Å². The zero-order valence-corrected chi connectivity index (χ0v) is 21.6. The Balaban J connectivity index is 1.22. The second-order valence-corrected chi connectivity index (χ2v) is 9.68. The van der Waals surface area contributed by atoms with Gasteiger partial charge in [-0.3, -0.25) is 4.90 Å². The molecule has 6 heteroatoms. The van der Waals surface area contributed by atoms with E-state index in [2.05, 4.69) is 56.7 Å². The number of hydrogen-bond acceptors (Lipinski definition) is 6. The van der Waals surface area contributed by atoms with Crippen molar-refractivity contribution in [3.63, 3.8) is 0 Å². The molecule has 1 aliphatic rings. The van der Waals surface area contributed by atoms with Gasteiger partial charge in [0.15, 0.2) is 0 Å². The molecular formula is C31H32N6. The van der Waals surface area contributed by atoms with Crippen LogP contribution < -0.4 is 4.90 Å². The maximum atomic E-state index is 5.47. The summed E-state index contributed by atoms with van der Waals surface area (Å²) in [5.41, 5.74) is 8.43. The number of aromatic nitrogens is 4. The second kappa shape index (κ2) is 11.3. The van der Waals surface area contributed by atoms with Gasteiger partial charge in [-0.2, -0.15) is 0 Å². The van der Waals surface area contributed by atoms with Gasteiger partial charge in [0.2, 0.25) is 5.95 Å². The van der Waals surface area contributed by atoms with Crippen molar-refractivity contribution in [1.82, 2.24) is 24.8 Å². The van der Waals surface area contributed by atoms with Crippen molar-refractivity contribution in [1.29, 1.82) is 0 Å². The van der Waals surface area contributed by atoms with Crippen molar-refractivity contribution in [2.24, 2.45) is 0 Å². The Kier molecular flexibility index (Phi) is 7.53. The van der Waals surface area contributed by atoms with Crippen molar-refractivity contribution < 1.29 is 0 Å². The smallest absolute Gasteiger partial charge is 0.225 e. The van der Waals surface area contributed by atoms with Gasteiger partial charge in [0, 0.05) is 75.4 Å². The quantitative estimate of drug-likeness (QED) is 0.360. The first kappa shape index (κ1) is 24.6. The molecule has 0 unspecified atom stereocenters. The highest BCUT2D eigenvalue weighted by molar-refractivity contribution is 5.40. The van der Waals surface area contributed by atoms with Crippen LogP contribution in [0.2, 0.25) is 0 Å². The zero-order chi connectivity index (χ0) is 25.6. The van der Waals surface area contributed by atoms with E-state index in [1.54, 1.807) is 0 Å². The molecule has 4 aromatic rings. The van der Waals surface area contributed by atoms with Gasteiger partial charge in [0.25, 0.3) is 0 Å². The van der Waals surface area contributed by atoms with Crippen molar-refractivity contribution in [3.05, 3.63) is 112 Å². The van der Waals surface area contributed by atoms with Crippen molar-refractivity contribution in [2.75, 3.05) is 31.1 Å². The summed E-state index contributed by atoms with van der Waals surface area (Å²) in [4.78, 5) is 22.9. The summed E-state index contributed by atoms with van der Waals surface area (Å²) in [5.74, 6) is 4.32. The molecule has 37 heavy (non-hydrogen) atoms. The molecule has 1 saturated heterocycles. The number of hydrogen-bond donors (Lipinski definition) is 0. The second-order valence-electron chi connectivity index (χ2n) is 9.68. The van der Waals surface area contributed by atoms with Crippen LogP contribution in [-0.2, 0) is 19.4 Å². The minimum atomic E-state index is 0.694. The minimum absolute atomic E-state index is 0.694. The van der Waals surface area contributed by atoms with E-state index in [-0.39, 0.29) is 0 Å². The number of piperazine rings is 1. The molecule has 0 amide bonds. The third-order valence-corrected chi connectivity index (χ3v) is 6.97. The summed E-state index contributed by atoms with van der Waals surface area (Å²) in [5, 5.41) is 0. The highest BCUT2D eigenvalue weighted by Gasteiger charge is 2.19. The molecule has 6 nitrogen and oxygen atoms in total. The molecule has 1 aliphatic heterocycles. The maximum absolute atomic E-state index is 5.47. The van der Waals surface area contributed by atoms with E-state index in [9.17, 15) is 0 Å². The van der Waals surface area contributed by atoms with E-state index in [1.807, 2.05) is 55.0 Å². The van der Waals surface area contributed by atoms with E-state index < -0.39 is 0 Å². The van der Waals surface area contributed by atoms with E-state index >= 15 is 0 Å². The Labute approximate surface area is 219 Å². The molecule has 0 aliphatic carbocycles. The first-order chi connectivity index (χ1) is 18.1. The number of anilines is 1. The highest BCUT2D eigenvalue weighted by Crippen LogP contribution is 2.22. The van der Waals surface area contributed by atoms with Crippen LogP contribution in [0.3, 0.4) is 0 Å². The Morgan fingerprint density at radius 1 is 0.811 bits per heavy atom. The fourth-order valence-electron chi connectivity index (χ4n) is 4.98. The summed E-state index contributed by atoms with van der Waals surface area (Å²) in [7, 11) is 0. The molecule has 0 bridgehead atoms. The minimum Gasteiger partial charge on any atom is -0.338 e. The average Bonchev–Trinajstić information content (AvgIpc) is 2.92. The Morgan fingerprint density at radius 3 is 2.19 bits per heavy atom. The normalized spacial score (nSPS) is 13.9. The number of aryl methyl sites for hydroxylation is 2. The van der Waals surface area contributed by atoms with Crippen molar-refractivity contribution >= 4 is 5.95 Å². The SMILES string of the molecule is C#Cc1ccc(Cc2nccc(Cc3c(C)cc(CN4CCN(c5ncccn5)CC4)cc3C)n2)cc1. The van der Waals surface area contributed by atoms with Crippen LogP contribution in [0, 0.1) is 26.2 Å². The molecule has 0 spiro atoms. The predicted octanol–water partition coefficient (Wildman–Crippen LogP) is 4.37. The molecular weight excluding hydrogens is 456 g/mol. The van der Waals surface area contributed by atoms with E-state index in [0.717, 1.165) is 67.7 Å². The number of benzene rings is 2. The van der Waals surface area contributed by atoms with Crippen LogP contribution >= 0.6 is 0 Å². The fraction of sp³-hybridized carbons (Fsp3) is 0.290. The molecule has 0 saturated carbocycles. The lowest BCUT2D eigenvalue weighted by Crippen LogP contribution is -2.46. The third kappa shape index (κ3) is 6.19. The molecule has 0 atom stereocenters. The first-order valence-corrected chi connectivity index (χ1v) is 12.8. The summed E-state index contributed by atoms with van der Waals surface area (Å²) in [6.07, 6.45) is 12.5. The lowest BCUT2D eigenvalue weighted by molar-refractivity contribution is 0.248. The highest BCUT2D eigenvalue weighted by atomic mass is 15.3. The molecule has 0 radical (unpaired) electrons.